The van der Waals surface area contributed by atoms with Gasteiger partial charge in [-0.15, -0.1) is 0 Å². The number of ether oxygens (including phenoxy) is 1. The van der Waals surface area contributed by atoms with Crippen molar-refractivity contribution in [3.05, 3.63) is 0 Å². The summed E-state index contributed by atoms with van der Waals surface area (Å²) in [5, 5.41) is 8.49. The van der Waals surface area contributed by atoms with Gasteiger partial charge in [-0.25, -0.2) is 0 Å². The summed E-state index contributed by atoms with van der Waals surface area (Å²) in [7, 11) is 0. The second-order valence-corrected chi connectivity index (χ2v) is 3.60. The molecule has 0 saturated heterocycles. The number of aliphatic hydroxyl groups is 1. The molecule has 0 aliphatic heterocycles. The van der Waals surface area contributed by atoms with E-state index in [-0.39, 0.29) is 12.6 Å². The molecule has 13 heavy (non-hydrogen) atoms. The zero-order chi connectivity index (χ0) is 10.1. The van der Waals surface area contributed by atoms with E-state index in [1.165, 1.54) is 0 Å². The van der Waals surface area contributed by atoms with Gasteiger partial charge in [0.25, 0.3) is 0 Å². The monoisotopic (exact) mass is 188 g/mol. The molecule has 0 saturated carbocycles. The Morgan fingerprint density at radius 1 is 1.31 bits per heavy atom. The number of unbranched alkanes of at least 4 members (excludes halogenated alkanes) is 2. The lowest BCUT2D eigenvalue weighted by molar-refractivity contribution is -0.144. The van der Waals surface area contributed by atoms with Crippen molar-refractivity contribution in [3.8, 4) is 0 Å². The lowest BCUT2D eigenvalue weighted by atomic mass is 10.1. The second kappa shape index (κ2) is 8.05. The fraction of sp³-hybridized carbons (Fsp3) is 0.900. The minimum Gasteiger partial charge on any atom is -0.466 e. The highest BCUT2D eigenvalue weighted by Crippen LogP contribution is 2.02. The molecule has 1 N–H and O–H groups in total. The number of rotatable bonds is 7. The number of hydrogen-bond donors (Lipinski definition) is 1. The van der Waals surface area contributed by atoms with Gasteiger partial charge < -0.3 is 9.84 Å². The first-order valence-corrected chi connectivity index (χ1v) is 4.93. The summed E-state index contributed by atoms with van der Waals surface area (Å²) >= 11 is 0. The molecule has 0 spiro atoms. The zero-order valence-corrected chi connectivity index (χ0v) is 8.58. The van der Waals surface area contributed by atoms with Crippen LogP contribution in [-0.4, -0.2) is 24.3 Å². The molecule has 0 aliphatic carbocycles. The molecule has 0 aromatic heterocycles. The van der Waals surface area contributed by atoms with Crippen LogP contribution in [0.25, 0.3) is 0 Å². The third-order valence-electron chi connectivity index (χ3n) is 1.64. The average molecular weight is 188 g/mol. The molecule has 0 amide bonds. The number of carbonyl (C=O) groups is 1. The Morgan fingerprint density at radius 3 is 2.54 bits per heavy atom. The van der Waals surface area contributed by atoms with E-state index in [4.69, 9.17) is 9.84 Å². The van der Waals surface area contributed by atoms with E-state index < -0.39 is 0 Å². The highest BCUT2D eigenvalue weighted by Gasteiger charge is 2.04. The molecule has 0 aromatic carbocycles. The Labute approximate surface area is 80.1 Å². The van der Waals surface area contributed by atoms with Gasteiger partial charge in [-0.2, -0.15) is 0 Å². The quantitative estimate of drug-likeness (QED) is 0.489. The van der Waals surface area contributed by atoms with Gasteiger partial charge in [-0.1, -0.05) is 13.8 Å². The topological polar surface area (TPSA) is 46.5 Å². The van der Waals surface area contributed by atoms with Gasteiger partial charge in [-0.05, 0) is 25.2 Å². The van der Waals surface area contributed by atoms with E-state index in [2.05, 4.69) is 0 Å². The third kappa shape index (κ3) is 9.34. The molecular formula is C10H20O3. The SMILES string of the molecule is CC(C)CC(=O)OCCCCCO. The predicted octanol–water partition coefficient (Wildman–Crippen LogP) is 1.74. The highest BCUT2D eigenvalue weighted by molar-refractivity contribution is 5.69. The lowest BCUT2D eigenvalue weighted by Crippen LogP contribution is -2.08. The third-order valence-corrected chi connectivity index (χ3v) is 1.64. The van der Waals surface area contributed by atoms with Crippen LogP contribution in [0.15, 0.2) is 0 Å². The first kappa shape index (κ1) is 12.4. The lowest BCUT2D eigenvalue weighted by Gasteiger charge is -2.05. The van der Waals surface area contributed by atoms with Gasteiger partial charge >= 0.3 is 5.97 Å². The molecule has 0 radical (unpaired) electrons. The van der Waals surface area contributed by atoms with Crippen molar-refractivity contribution in [1.29, 1.82) is 0 Å². The maximum Gasteiger partial charge on any atom is 0.306 e. The summed E-state index contributed by atoms with van der Waals surface area (Å²) in [6, 6.07) is 0. The van der Waals surface area contributed by atoms with E-state index >= 15 is 0 Å². The van der Waals surface area contributed by atoms with Gasteiger partial charge in [0.2, 0.25) is 0 Å². The van der Waals surface area contributed by atoms with E-state index in [1.54, 1.807) is 0 Å². The fourth-order valence-corrected chi connectivity index (χ4v) is 0.969. The number of aliphatic hydroxyl groups excluding tert-OH is 1. The molecule has 0 bridgehead atoms. The summed E-state index contributed by atoms with van der Waals surface area (Å²) in [5.74, 6) is 0.254. The van der Waals surface area contributed by atoms with Gasteiger partial charge in [-0.3, -0.25) is 4.79 Å². The molecule has 0 rings (SSSR count). The van der Waals surface area contributed by atoms with E-state index in [0.717, 1.165) is 19.3 Å². The zero-order valence-electron chi connectivity index (χ0n) is 8.58. The normalized spacial score (nSPS) is 10.5. The first-order valence-electron chi connectivity index (χ1n) is 4.93. The Hall–Kier alpha value is -0.570. The van der Waals surface area contributed by atoms with Crippen molar-refractivity contribution in [1.82, 2.24) is 0 Å². The molecule has 0 aliphatic rings. The van der Waals surface area contributed by atoms with Crippen LogP contribution in [0.5, 0.6) is 0 Å². The van der Waals surface area contributed by atoms with E-state index in [0.29, 0.717) is 18.9 Å². The summed E-state index contributed by atoms with van der Waals surface area (Å²) in [6.45, 7) is 4.70. The minimum atomic E-state index is -0.112. The van der Waals surface area contributed by atoms with Crippen LogP contribution in [0.3, 0.4) is 0 Å². The van der Waals surface area contributed by atoms with Crippen LogP contribution in [-0.2, 0) is 9.53 Å². The summed E-state index contributed by atoms with van der Waals surface area (Å²) in [5.41, 5.74) is 0. The maximum absolute atomic E-state index is 11.0. The standard InChI is InChI=1S/C10H20O3/c1-9(2)8-10(12)13-7-5-3-4-6-11/h9,11H,3-8H2,1-2H3. The smallest absolute Gasteiger partial charge is 0.306 e. The van der Waals surface area contributed by atoms with Crippen LogP contribution in [0, 0.1) is 5.92 Å². The average Bonchev–Trinajstić information content (AvgIpc) is 2.02. The number of carbonyl (C=O) groups excluding carboxylic acids is 1. The molecule has 78 valence electrons. The molecule has 0 atom stereocenters. The van der Waals surface area contributed by atoms with Crippen LogP contribution in [0.4, 0.5) is 0 Å². The molecule has 3 heteroatoms. The maximum atomic E-state index is 11.0. The van der Waals surface area contributed by atoms with Gasteiger partial charge in [0.15, 0.2) is 0 Å². The van der Waals surface area contributed by atoms with Crippen molar-refractivity contribution in [2.75, 3.05) is 13.2 Å². The Morgan fingerprint density at radius 2 is 2.00 bits per heavy atom. The second-order valence-electron chi connectivity index (χ2n) is 3.60. The van der Waals surface area contributed by atoms with Crippen molar-refractivity contribution in [3.63, 3.8) is 0 Å². The van der Waals surface area contributed by atoms with Gasteiger partial charge in [0.05, 0.1) is 6.61 Å². The van der Waals surface area contributed by atoms with Crippen LogP contribution in [0.2, 0.25) is 0 Å². The van der Waals surface area contributed by atoms with Crippen LogP contribution < -0.4 is 0 Å². The number of esters is 1. The van der Waals surface area contributed by atoms with Crippen molar-refractivity contribution in [2.45, 2.75) is 39.5 Å². The van der Waals surface area contributed by atoms with Crippen LogP contribution in [0.1, 0.15) is 39.5 Å². The largest absolute Gasteiger partial charge is 0.466 e. The Kier molecular flexibility index (Phi) is 7.69. The molecule has 3 nitrogen and oxygen atoms in total. The summed E-state index contributed by atoms with van der Waals surface area (Å²) < 4.78 is 4.98. The van der Waals surface area contributed by atoms with Gasteiger partial charge in [0, 0.05) is 13.0 Å². The predicted molar refractivity (Wildman–Crippen MR) is 51.4 cm³/mol. The molecule has 0 fully saturated rings. The minimum absolute atomic E-state index is 0.112. The van der Waals surface area contributed by atoms with Crippen molar-refractivity contribution in [2.24, 2.45) is 5.92 Å². The van der Waals surface area contributed by atoms with Crippen molar-refractivity contribution >= 4 is 5.97 Å². The summed E-state index contributed by atoms with van der Waals surface area (Å²) in [6.07, 6.45) is 3.07. The van der Waals surface area contributed by atoms with Crippen LogP contribution >= 0.6 is 0 Å². The van der Waals surface area contributed by atoms with E-state index in [1.807, 2.05) is 13.8 Å². The summed E-state index contributed by atoms with van der Waals surface area (Å²) in [4.78, 5) is 11.0. The molecule has 0 unspecified atom stereocenters. The van der Waals surface area contributed by atoms with E-state index in [9.17, 15) is 4.79 Å². The number of hydrogen-bond acceptors (Lipinski definition) is 3. The Bertz CT molecular complexity index is 132. The first-order chi connectivity index (χ1) is 6.16. The molecule has 0 aromatic rings. The Balaban J connectivity index is 3.17. The van der Waals surface area contributed by atoms with Gasteiger partial charge in [0.1, 0.15) is 0 Å². The highest BCUT2D eigenvalue weighted by atomic mass is 16.5. The molecule has 0 heterocycles. The molecular weight excluding hydrogens is 168 g/mol. The van der Waals surface area contributed by atoms with Crippen molar-refractivity contribution < 1.29 is 14.6 Å². The fourth-order valence-electron chi connectivity index (χ4n) is 0.969.